The molecule has 4 amide bonds. The van der Waals surface area contributed by atoms with Gasteiger partial charge in [0.15, 0.2) is 0 Å². The number of carbonyl (C=O) groups excluding carboxylic acids is 4. The highest BCUT2D eigenvalue weighted by Crippen LogP contribution is 2.41. The van der Waals surface area contributed by atoms with Crippen LogP contribution in [-0.4, -0.2) is 61.0 Å². The molecular weight excluding hydrogens is 673 g/mol. The van der Waals surface area contributed by atoms with Crippen molar-refractivity contribution in [3.8, 4) is 0 Å². The monoisotopic (exact) mass is 714 g/mol. The van der Waals surface area contributed by atoms with E-state index in [0.29, 0.717) is 51.9 Å². The predicted octanol–water partition coefficient (Wildman–Crippen LogP) is 4.19. The highest BCUT2D eigenvalue weighted by molar-refractivity contribution is 7.08. The van der Waals surface area contributed by atoms with Crippen LogP contribution < -0.4 is 31.1 Å². The highest BCUT2D eigenvalue weighted by atomic mass is 32.1. The van der Waals surface area contributed by atoms with Gasteiger partial charge in [0.1, 0.15) is 0 Å². The van der Waals surface area contributed by atoms with E-state index in [1.54, 1.807) is 32.5 Å². The minimum Gasteiger partial charge on any atom is -0.400 e. The van der Waals surface area contributed by atoms with Gasteiger partial charge in [-0.25, -0.2) is 0 Å². The van der Waals surface area contributed by atoms with Crippen molar-refractivity contribution in [2.75, 3.05) is 39.8 Å². The van der Waals surface area contributed by atoms with Gasteiger partial charge in [-0.2, -0.15) is 22.7 Å². The Hall–Kier alpha value is -4.40. The number of amides is 4. The quantitative estimate of drug-likeness (QED) is 0.271. The first-order valence-electron chi connectivity index (χ1n) is 16.8. The number of aliphatic hydroxyl groups excluding tert-OH is 1. The molecule has 13 heteroatoms. The van der Waals surface area contributed by atoms with Crippen LogP contribution in [0.25, 0.3) is 0 Å². The fourth-order valence-electron chi connectivity index (χ4n) is 7.06. The Bertz CT molecular complexity index is 1710. The molecule has 4 aromatic rings. The van der Waals surface area contributed by atoms with Gasteiger partial charge in [0.25, 0.3) is 0 Å². The van der Waals surface area contributed by atoms with Crippen molar-refractivity contribution in [1.82, 2.24) is 0 Å². The average molecular weight is 715 g/mol. The predicted molar refractivity (Wildman–Crippen MR) is 199 cm³/mol. The zero-order valence-electron chi connectivity index (χ0n) is 28.0. The van der Waals surface area contributed by atoms with Crippen LogP contribution in [0.3, 0.4) is 0 Å². The summed E-state index contributed by atoms with van der Waals surface area (Å²) in [5.74, 6) is 0.100. The number of fused-ring (bicyclic) bond motifs is 2. The lowest BCUT2D eigenvalue weighted by Crippen LogP contribution is -2.49. The van der Waals surface area contributed by atoms with Crippen LogP contribution in [-0.2, 0) is 45.1 Å². The number of rotatable bonds is 6. The molecule has 2 saturated heterocycles. The van der Waals surface area contributed by atoms with Gasteiger partial charge in [0, 0.05) is 33.0 Å². The summed E-state index contributed by atoms with van der Waals surface area (Å²) in [6.07, 6.45) is 3.90. The van der Waals surface area contributed by atoms with Gasteiger partial charge in [-0.1, -0.05) is 24.3 Å². The molecule has 0 aliphatic carbocycles. The summed E-state index contributed by atoms with van der Waals surface area (Å²) in [5.41, 5.74) is 19.8. The molecule has 8 rings (SSSR count). The molecule has 2 unspecified atom stereocenters. The van der Waals surface area contributed by atoms with Crippen LogP contribution in [0, 0.1) is 0 Å². The molecule has 11 nitrogen and oxygen atoms in total. The van der Waals surface area contributed by atoms with E-state index in [-0.39, 0.29) is 23.6 Å². The van der Waals surface area contributed by atoms with Crippen LogP contribution in [0.15, 0.2) is 70.1 Å². The summed E-state index contributed by atoms with van der Waals surface area (Å²) in [4.78, 5) is 57.1. The number of para-hydroxylation sites is 2. The van der Waals surface area contributed by atoms with Gasteiger partial charge in [0.05, 0.1) is 47.9 Å². The largest absolute Gasteiger partial charge is 0.400 e. The number of aliphatic hydroxyl groups is 1. The standard InChI is InChI=1S/2C18H19N3O2S.CH4O/c2*19-14-9-13-3-1-4-15(20-7-2-5-16(20)22)17(13)21(18(14)23)10-12-6-8-24-11-12;1-2/h2*1,3-4,6,8,11,14H,2,5,7,9-10,19H2;2H,1H3. The molecule has 0 radical (unpaired) electrons. The van der Waals surface area contributed by atoms with Gasteiger partial charge in [-0.05, 0) is 93.7 Å². The minimum atomic E-state index is -0.527. The summed E-state index contributed by atoms with van der Waals surface area (Å²) in [6.45, 7) is 2.40. The Morgan fingerprint density at radius 2 is 1.08 bits per heavy atom. The van der Waals surface area contributed by atoms with Crippen LogP contribution in [0.4, 0.5) is 22.7 Å². The smallest absolute Gasteiger partial charge is 0.244 e. The molecule has 6 heterocycles. The highest BCUT2D eigenvalue weighted by Gasteiger charge is 2.37. The number of benzene rings is 2. The first-order valence-corrected chi connectivity index (χ1v) is 18.6. The molecule has 0 spiro atoms. The van der Waals surface area contributed by atoms with E-state index in [9.17, 15) is 19.2 Å². The zero-order valence-corrected chi connectivity index (χ0v) is 29.6. The number of hydrogen-bond donors (Lipinski definition) is 3. The molecular formula is C37H42N6O5S2. The first-order chi connectivity index (χ1) is 24.3. The van der Waals surface area contributed by atoms with E-state index < -0.39 is 12.1 Å². The van der Waals surface area contributed by atoms with Gasteiger partial charge < -0.3 is 36.2 Å². The van der Waals surface area contributed by atoms with E-state index in [1.165, 1.54) is 0 Å². The molecule has 0 saturated carbocycles. The molecule has 262 valence electrons. The maximum atomic E-state index is 12.8. The fourth-order valence-corrected chi connectivity index (χ4v) is 8.38. The maximum absolute atomic E-state index is 12.8. The number of nitrogens with two attached hydrogens (primary N) is 2. The van der Waals surface area contributed by atoms with Crippen molar-refractivity contribution in [1.29, 1.82) is 0 Å². The summed E-state index contributed by atoms with van der Waals surface area (Å²) in [6, 6.07) is 14.8. The third-order valence-corrected chi connectivity index (χ3v) is 10.8. The lowest BCUT2D eigenvalue weighted by molar-refractivity contribution is -0.121. The Labute approximate surface area is 299 Å². The minimum absolute atomic E-state index is 0.0761. The topological polar surface area (TPSA) is 154 Å². The second-order valence-corrected chi connectivity index (χ2v) is 14.2. The van der Waals surface area contributed by atoms with Crippen LogP contribution >= 0.6 is 22.7 Å². The lowest BCUT2D eigenvalue weighted by atomic mass is 9.95. The molecule has 2 atom stereocenters. The summed E-state index contributed by atoms with van der Waals surface area (Å²) in [7, 11) is 1.00. The van der Waals surface area contributed by atoms with Crippen LogP contribution in [0.5, 0.6) is 0 Å². The molecule has 2 aromatic carbocycles. The number of carbonyl (C=O) groups is 4. The molecule has 2 aromatic heterocycles. The third kappa shape index (κ3) is 7.10. The molecule has 0 bridgehead atoms. The normalized spacial score (nSPS) is 19.9. The number of anilines is 4. The summed E-state index contributed by atoms with van der Waals surface area (Å²) < 4.78 is 0. The second-order valence-electron chi connectivity index (χ2n) is 12.6. The van der Waals surface area contributed by atoms with Gasteiger partial charge in [0.2, 0.25) is 23.6 Å². The Morgan fingerprint density at radius 3 is 1.42 bits per heavy atom. The van der Waals surface area contributed by atoms with Gasteiger partial charge in [-0.15, -0.1) is 0 Å². The number of hydrogen-bond acceptors (Lipinski definition) is 9. The maximum Gasteiger partial charge on any atom is 0.244 e. The van der Waals surface area contributed by atoms with E-state index >= 15 is 0 Å². The first kappa shape index (κ1) is 35.4. The van der Waals surface area contributed by atoms with Crippen molar-refractivity contribution >= 4 is 69.1 Å². The second kappa shape index (κ2) is 15.7. The fraction of sp³-hybridized carbons (Fsp3) is 0.351. The molecule has 4 aliphatic heterocycles. The molecule has 4 aliphatic rings. The van der Waals surface area contributed by atoms with E-state index in [4.69, 9.17) is 16.6 Å². The van der Waals surface area contributed by atoms with Gasteiger partial charge >= 0.3 is 0 Å². The Kier molecular flexibility index (Phi) is 11.1. The Morgan fingerprint density at radius 1 is 0.660 bits per heavy atom. The van der Waals surface area contributed by atoms with Crippen LogP contribution in [0.2, 0.25) is 0 Å². The van der Waals surface area contributed by atoms with Crippen molar-refractivity contribution in [3.63, 3.8) is 0 Å². The third-order valence-electron chi connectivity index (χ3n) is 9.35. The number of nitrogens with zero attached hydrogens (tertiary/aromatic N) is 4. The van der Waals surface area contributed by atoms with Crippen LogP contribution in [0.1, 0.15) is 47.9 Å². The molecule has 50 heavy (non-hydrogen) atoms. The zero-order chi connectivity index (χ0) is 35.4. The molecule has 2 fully saturated rings. The SMILES string of the molecule is CO.NC1Cc2cccc(N3CCCC3=O)c2N(Cc2ccsc2)C1=O.NC1Cc2cccc(N3CCCC3=O)c2N(Cc2ccsc2)C1=O. The van der Waals surface area contributed by atoms with Crippen molar-refractivity contribution in [2.45, 2.75) is 63.7 Å². The average Bonchev–Trinajstić information content (AvgIpc) is 3.96. The lowest BCUT2D eigenvalue weighted by Gasteiger charge is -2.36. The van der Waals surface area contributed by atoms with E-state index in [0.717, 1.165) is 65.0 Å². The number of thiophene rings is 2. The van der Waals surface area contributed by atoms with Gasteiger partial charge in [-0.3, -0.25) is 19.2 Å². The van der Waals surface area contributed by atoms with E-state index in [2.05, 4.69) is 0 Å². The van der Waals surface area contributed by atoms with E-state index in [1.807, 2.05) is 79.9 Å². The van der Waals surface area contributed by atoms with Crippen molar-refractivity contribution in [2.24, 2.45) is 11.5 Å². The van der Waals surface area contributed by atoms with Crippen molar-refractivity contribution < 1.29 is 24.3 Å². The Balaban J connectivity index is 0.000000165. The molecule has 5 N–H and O–H groups in total. The summed E-state index contributed by atoms with van der Waals surface area (Å²) >= 11 is 3.22. The van der Waals surface area contributed by atoms with Crippen molar-refractivity contribution in [3.05, 3.63) is 92.3 Å². The summed E-state index contributed by atoms with van der Waals surface area (Å²) in [5, 5.41) is 15.1.